The summed E-state index contributed by atoms with van der Waals surface area (Å²) in [5.41, 5.74) is 6.37. The van der Waals surface area contributed by atoms with Gasteiger partial charge < -0.3 is 15.2 Å². The Morgan fingerprint density at radius 3 is 2.29 bits per heavy atom. The molecule has 1 aliphatic carbocycles. The van der Waals surface area contributed by atoms with Gasteiger partial charge >= 0.3 is 0 Å². The van der Waals surface area contributed by atoms with E-state index in [1.165, 1.54) is 0 Å². The van der Waals surface area contributed by atoms with Crippen molar-refractivity contribution in [3.63, 3.8) is 0 Å². The third-order valence-electron chi connectivity index (χ3n) is 4.44. The number of nitrogens with two attached hydrogens (primary N) is 1. The fourth-order valence-electron chi connectivity index (χ4n) is 3.26. The predicted octanol–water partition coefficient (Wildman–Crippen LogP) is 1.19. The molecule has 1 aromatic carbocycles. The van der Waals surface area contributed by atoms with Crippen LogP contribution >= 0.6 is 0 Å². The van der Waals surface area contributed by atoms with Gasteiger partial charge in [0.2, 0.25) is 0 Å². The smallest absolute Gasteiger partial charge is 0.154 e. The van der Waals surface area contributed by atoms with Gasteiger partial charge in [-0.05, 0) is 17.7 Å². The fourth-order valence-corrected chi connectivity index (χ4v) is 5.41. The second-order valence-corrected chi connectivity index (χ2v) is 7.90. The number of ether oxygens (including phenoxy) is 2. The van der Waals surface area contributed by atoms with E-state index < -0.39 is 20.5 Å². The molecule has 3 atom stereocenters. The molecule has 0 aliphatic heterocycles. The summed E-state index contributed by atoms with van der Waals surface area (Å²) >= 11 is 0. The Labute approximate surface area is 126 Å². The highest BCUT2D eigenvalue weighted by Crippen LogP contribution is 2.62. The largest absolute Gasteiger partial charge is 0.497 e. The van der Waals surface area contributed by atoms with Crippen molar-refractivity contribution in [2.24, 2.45) is 11.1 Å². The molecule has 1 fully saturated rings. The van der Waals surface area contributed by atoms with Crippen LogP contribution in [0, 0.1) is 5.41 Å². The number of benzene rings is 1. The average molecular weight is 313 g/mol. The van der Waals surface area contributed by atoms with Crippen molar-refractivity contribution in [2.75, 3.05) is 33.1 Å². The molecule has 0 amide bonds. The zero-order valence-corrected chi connectivity index (χ0v) is 13.5. The van der Waals surface area contributed by atoms with Gasteiger partial charge in [-0.15, -0.1) is 0 Å². The number of hydrogen-bond donors (Lipinski definition) is 1. The van der Waals surface area contributed by atoms with Gasteiger partial charge in [0.05, 0.1) is 19.0 Å². The lowest BCUT2D eigenvalue weighted by Gasteiger charge is -2.14. The number of rotatable bonds is 7. The average Bonchev–Trinajstić information content (AvgIpc) is 3.18. The molecule has 0 heterocycles. The van der Waals surface area contributed by atoms with E-state index in [0.29, 0.717) is 13.2 Å². The molecule has 0 unspecified atom stereocenters. The minimum atomic E-state index is -3.17. The van der Waals surface area contributed by atoms with Gasteiger partial charge in [0.25, 0.3) is 0 Å². The molecular weight excluding hydrogens is 290 g/mol. The molecular formula is C15H23NO4S. The van der Waals surface area contributed by atoms with Gasteiger partial charge in [-0.3, -0.25) is 0 Å². The van der Waals surface area contributed by atoms with Gasteiger partial charge in [0.1, 0.15) is 5.75 Å². The molecule has 5 nitrogen and oxygen atoms in total. The summed E-state index contributed by atoms with van der Waals surface area (Å²) in [7, 11) is 0.0114. The maximum atomic E-state index is 12.4. The molecule has 0 spiro atoms. The number of methoxy groups -OCH3 is 2. The third kappa shape index (κ3) is 2.67. The van der Waals surface area contributed by atoms with Crippen LogP contribution in [0.2, 0.25) is 0 Å². The maximum Gasteiger partial charge on any atom is 0.154 e. The molecule has 1 aromatic rings. The second-order valence-electron chi connectivity index (χ2n) is 5.49. The van der Waals surface area contributed by atoms with E-state index in [-0.39, 0.29) is 11.7 Å². The minimum Gasteiger partial charge on any atom is -0.497 e. The van der Waals surface area contributed by atoms with Crippen LogP contribution in [0.4, 0.5) is 0 Å². The molecule has 0 bridgehead atoms. The highest BCUT2D eigenvalue weighted by atomic mass is 32.2. The van der Waals surface area contributed by atoms with Crippen molar-refractivity contribution in [1.82, 2.24) is 0 Å². The monoisotopic (exact) mass is 313 g/mol. The Morgan fingerprint density at radius 2 is 1.86 bits per heavy atom. The quantitative estimate of drug-likeness (QED) is 0.818. The van der Waals surface area contributed by atoms with Crippen molar-refractivity contribution in [2.45, 2.75) is 18.1 Å². The van der Waals surface area contributed by atoms with Gasteiger partial charge in [-0.25, -0.2) is 8.42 Å². The van der Waals surface area contributed by atoms with Crippen LogP contribution in [0.5, 0.6) is 5.75 Å². The summed E-state index contributed by atoms with van der Waals surface area (Å²) in [6, 6.07) is 7.51. The van der Waals surface area contributed by atoms with Gasteiger partial charge in [0, 0.05) is 30.7 Å². The van der Waals surface area contributed by atoms with Crippen molar-refractivity contribution in [1.29, 1.82) is 0 Å². The summed E-state index contributed by atoms with van der Waals surface area (Å²) < 4.78 is 35.2. The Morgan fingerprint density at radius 1 is 1.24 bits per heavy atom. The lowest BCUT2D eigenvalue weighted by Crippen LogP contribution is -2.28. The first kappa shape index (κ1) is 16.3. The van der Waals surface area contributed by atoms with E-state index in [4.69, 9.17) is 15.2 Å². The van der Waals surface area contributed by atoms with E-state index in [1.807, 2.05) is 24.3 Å². The van der Waals surface area contributed by atoms with Gasteiger partial charge in [0.15, 0.2) is 9.84 Å². The number of hydrogen-bond acceptors (Lipinski definition) is 5. The third-order valence-corrected chi connectivity index (χ3v) is 6.76. The van der Waals surface area contributed by atoms with Crippen molar-refractivity contribution >= 4 is 9.84 Å². The first-order valence-electron chi connectivity index (χ1n) is 7.01. The first-order valence-corrected chi connectivity index (χ1v) is 8.73. The molecule has 118 valence electrons. The van der Waals surface area contributed by atoms with E-state index in [9.17, 15) is 8.42 Å². The molecule has 6 heteroatoms. The highest BCUT2D eigenvalue weighted by molar-refractivity contribution is 7.92. The Bertz CT molecular complexity index is 584. The highest BCUT2D eigenvalue weighted by Gasteiger charge is 2.69. The van der Waals surface area contributed by atoms with Crippen LogP contribution in [-0.4, -0.2) is 46.8 Å². The topological polar surface area (TPSA) is 78.6 Å². The minimum absolute atomic E-state index is 0.113. The SMILES string of the molecule is CCS(=O)(=O)[C@@H]1[C@H](c2ccc(OC)cc2)[C@@]1(CN)COC. The molecule has 1 saturated carbocycles. The standard InChI is InChI=1S/C15H23NO4S/c1-4-21(17,18)14-13(15(14,9-16)10-19-2)11-5-7-12(20-3)8-6-11/h5-8,13-14H,4,9-10,16H2,1-3H3/t13-,14+,15+/m0/s1. The Hall–Kier alpha value is -1.11. The molecule has 21 heavy (non-hydrogen) atoms. The van der Waals surface area contributed by atoms with E-state index >= 15 is 0 Å². The molecule has 2 rings (SSSR count). The van der Waals surface area contributed by atoms with Crippen LogP contribution in [0.15, 0.2) is 24.3 Å². The molecule has 1 aliphatic rings. The fraction of sp³-hybridized carbons (Fsp3) is 0.600. The van der Waals surface area contributed by atoms with Crippen LogP contribution in [-0.2, 0) is 14.6 Å². The van der Waals surface area contributed by atoms with E-state index in [2.05, 4.69) is 0 Å². The van der Waals surface area contributed by atoms with Crippen LogP contribution in [0.3, 0.4) is 0 Å². The van der Waals surface area contributed by atoms with Gasteiger partial charge in [-0.1, -0.05) is 19.1 Å². The van der Waals surface area contributed by atoms with Crippen molar-refractivity contribution in [3.8, 4) is 5.75 Å². The van der Waals surface area contributed by atoms with Crippen molar-refractivity contribution in [3.05, 3.63) is 29.8 Å². The summed E-state index contributed by atoms with van der Waals surface area (Å²) in [5.74, 6) is 0.758. The van der Waals surface area contributed by atoms with Gasteiger partial charge in [-0.2, -0.15) is 0 Å². The zero-order valence-electron chi connectivity index (χ0n) is 12.7. The molecule has 0 saturated heterocycles. The lowest BCUT2D eigenvalue weighted by atomic mass is 10.00. The number of sulfone groups is 1. The van der Waals surface area contributed by atoms with E-state index in [1.54, 1.807) is 21.1 Å². The molecule has 2 N–H and O–H groups in total. The normalized spacial score (nSPS) is 28.4. The van der Waals surface area contributed by atoms with Crippen LogP contribution in [0.25, 0.3) is 0 Å². The summed E-state index contributed by atoms with van der Waals surface area (Å²) in [5, 5.41) is -0.464. The maximum absolute atomic E-state index is 12.4. The summed E-state index contributed by atoms with van der Waals surface area (Å²) in [4.78, 5) is 0. The summed E-state index contributed by atoms with van der Waals surface area (Å²) in [6.07, 6.45) is 0. The Kier molecular flexibility index (Phi) is 4.60. The second kappa shape index (κ2) is 5.94. The summed E-state index contributed by atoms with van der Waals surface area (Å²) in [6.45, 7) is 2.32. The van der Waals surface area contributed by atoms with Crippen molar-refractivity contribution < 1.29 is 17.9 Å². The van der Waals surface area contributed by atoms with Crippen LogP contribution < -0.4 is 10.5 Å². The Balaban J connectivity index is 2.39. The van der Waals surface area contributed by atoms with E-state index in [0.717, 1.165) is 11.3 Å². The zero-order chi connectivity index (χ0) is 15.7. The van der Waals surface area contributed by atoms with Crippen LogP contribution in [0.1, 0.15) is 18.4 Å². The lowest BCUT2D eigenvalue weighted by molar-refractivity contribution is 0.142. The molecule has 0 radical (unpaired) electrons. The molecule has 0 aromatic heterocycles. The predicted molar refractivity (Wildman–Crippen MR) is 82.3 cm³/mol. The first-order chi connectivity index (χ1) is 9.96.